The van der Waals surface area contributed by atoms with Crippen molar-refractivity contribution in [1.29, 1.82) is 0 Å². The third-order valence-corrected chi connectivity index (χ3v) is 5.21. The largest absolute Gasteiger partial charge is 0.359 e. The third kappa shape index (κ3) is 4.41. The van der Waals surface area contributed by atoms with E-state index in [9.17, 15) is 9.59 Å². The standard InChI is InChI=1S/C18H27N5O2/c1-19-17(24)14-5-7-15(8-6-14)21-18(25)23-12-10-22(11-13-23)16-4-2-3-9-20-16/h2-4,9,14-15H,5-8,10-13H2,1H3,(H,19,24)(H,21,25). The van der Waals surface area contributed by atoms with Crippen molar-refractivity contribution in [1.82, 2.24) is 20.5 Å². The summed E-state index contributed by atoms with van der Waals surface area (Å²) in [5.74, 6) is 1.19. The SMILES string of the molecule is CNC(=O)C1CCC(NC(=O)N2CCN(c3ccccn3)CC2)CC1. The molecule has 0 bridgehead atoms. The van der Waals surface area contributed by atoms with Gasteiger partial charge in [0.15, 0.2) is 0 Å². The van der Waals surface area contributed by atoms with Crippen molar-refractivity contribution in [3.8, 4) is 0 Å². The molecule has 0 aromatic carbocycles. The topological polar surface area (TPSA) is 77.6 Å². The van der Waals surface area contributed by atoms with Crippen molar-refractivity contribution in [2.45, 2.75) is 31.7 Å². The summed E-state index contributed by atoms with van der Waals surface area (Å²) < 4.78 is 0. The molecule has 2 aliphatic rings. The van der Waals surface area contributed by atoms with Gasteiger partial charge in [-0.05, 0) is 37.8 Å². The van der Waals surface area contributed by atoms with Gasteiger partial charge in [-0.2, -0.15) is 0 Å². The lowest BCUT2D eigenvalue weighted by molar-refractivity contribution is -0.125. The molecule has 3 amide bonds. The summed E-state index contributed by atoms with van der Waals surface area (Å²) in [6.07, 6.45) is 5.23. The van der Waals surface area contributed by atoms with E-state index in [2.05, 4.69) is 20.5 Å². The third-order valence-electron chi connectivity index (χ3n) is 5.21. The number of nitrogens with zero attached hydrogens (tertiary/aromatic N) is 3. The van der Waals surface area contributed by atoms with Crippen LogP contribution in [0.5, 0.6) is 0 Å². The minimum Gasteiger partial charge on any atom is -0.359 e. The summed E-state index contributed by atoms with van der Waals surface area (Å²) in [5.41, 5.74) is 0. The number of anilines is 1. The smallest absolute Gasteiger partial charge is 0.317 e. The van der Waals surface area contributed by atoms with Gasteiger partial charge in [-0.1, -0.05) is 6.07 Å². The molecule has 136 valence electrons. The number of piperazine rings is 1. The normalized spacial score (nSPS) is 23.9. The molecule has 1 aliphatic heterocycles. The molecule has 1 aromatic rings. The highest BCUT2D eigenvalue weighted by molar-refractivity contribution is 5.78. The molecule has 7 heteroatoms. The maximum absolute atomic E-state index is 12.5. The first-order valence-corrected chi connectivity index (χ1v) is 9.10. The van der Waals surface area contributed by atoms with Crippen LogP contribution in [0.3, 0.4) is 0 Å². The number of hydrogen-bond acceptors (Lipinski definition) is 4. The summed E-state index contributed by atoms with van der Waals surface area (Å²) in [6, 6.07) is 6.09. The van der Waals surface area contributed by atoms with Crippen LogP contribution in [0.25, 0.3) is 0 Å². The van der Waals surface area contributed by atoms with E-state index in [0.29, 0.717) is 13.1 Å². The molecule has 0 spiro atoms. The number of pyridine rings is 1. The molecule has 1 aromatic heterocycles. The second-order valence-electron chi connectivity index (χ2n) is 6.77. The van der Waals surface area contributed by atoms with E-state index in [4.69, 9.17) is 0 Å². The van der Waals surface area contributed by atoms with Gasteiger partial charge in [-0.25, -0.2) is 9.78 Å². The van der Waals surface area contributed by atoms with Crippen LogP contribution in [0.2, 0.25) is 0 Å². The van der Waals surface area contributed by atoms with Gasteiger partial charge in [0, 0.05) is 51.4 Å². The van der Waals surface area contributed by atoms with Crippen LogP contribution in [0, 0.1) is 5.92 Å². The average Bonchev–Trinajstić information content (AvgIpc) is 2.68. The maximum atomic E-state index is 12.5. The summed E-state index contributed by atoms with van der Waals surface area (Å²) in [7, 11) is 1.68. The molecule has 0 atom stereocenters. The molecule has 1 aliphatic carbocycles. The fourth-order valence-corrected chi connectivity index (χ4v) is 3.65. The van der Waals surface area contributed by atoms with Crippen molar-refractivity contribution in [2.75, 3.05) is 38.1 Å². The molecule has 0 unspecified atom stereocenters. The van der Waals surface area contributed by atoms with Crippen LogP contribution in [-0.2, 0) is 4.79 Å². The highest BCUT2D eigenvalue weighted by atomic mass is 16.2. The van der Waals surface area contributed by atoms with Crippen molar-refractivity contribution in [2.24, 2.45) is 5.92 Å². The van der Waals surface area contributed by atoms with Crippen LogP contribution in [0.15, 0.2) is 24.4 Å². The molecule has 3 rings (SSSR count). The van der Waals surface area contributed by atoms with Crippen molar-refractivity contribution in [3.05, 3.63) is 24.4 Å². The monoisotopic (exact) mass is 345 g/mol. The Bertz CT molecular complexity index is 578. The summed E-state index contributed by atoms with van der Waals surface area (Å²) in [5, 5.41) is 5.86. The van der Waals surface area contributed by atoms with Crippen LogP contribution in [-0.4, -0.2) is 61.1 Å². The van der Waals surface area contributed by atoms with E-state index in [1.54, 1.807) is 13.2 Å². The number of rotatable bonds is 3. The number of urea groups is 1. The zero-order valence-corrected chi connectivity index (χ0v) is 14.8. The highest BCUT2D eigenvalue weighted by Gasteiger charge is 2.28. The Kier molecular flexibility index (Phi) is 5.73. The van der Waals surface area contributed by atoms with E-state index in [1.807, 2.05) is 23.1 Å². The molecule has 2 N–H and O–H groups in total. The lowest BCUT2D eigenvalue weighted by atomic mass is 9.85. The first-order chi connectivity index (χ1) is 12.2. The predicted molar refractivity (Wildman–Crippen MR) is 96.4 cm³/mol. The number of hydrogen-bond donors (Lipinski definition) is 2. The van der Waals surface area contributed by atoms with Crippen LogP contribution in [0.4, 0.5) is 10.6 Å². The van der Waals surface area contributed by atoms with Crippen LogP contribution in [0.1, 0.15) is 25.7 Å². The Labute approximate surface area is 148 Å². The van der Waals surface area contributed by atoms with Crippen LogP contribution >= 0.6 is 0 Å². The first kappa shape index (κ1) is 17.5. The zero-order chi connectivity index (χ0) is 17.6. The van der Waals surface area contributed by atoms with Gasteiger partial charge in [0.2, 0.25) is 5.91 Å². The Balaban J connectivity index is 1.42. The van der Waals surface area contributed by atoms with Crippen molar-refractivity contribution in [3.63, 3.8) is 0 Å². The van der Waals surface area contributed by atoms with Gasteiger partial charge in [0.1, 0.15) is 5.82 Å². The number of carbonyl (C=O) groups is 2. The van der Waals surface area contributed by atoms with Gasteiger partial charge in [-0.15, -0.1) is 0 Å². The van der Waals surface area contributed by atoms with E-state index >= 15 is 0 Å². The lowest BCUT2D eigenvalue weighted by Gasteiger charge is -2.37. The molecular formula is C18H27N5O2. The van der Waals surface area contributed by atoms with Gasteiger partial charge >= 0.3 is 6.03 Å². The van der Waals surface area contributed by atoms with Gasteiger partial charge in [-0.3, -0.25) is 4.79 Å². The molecule has 2 heterocycles. The van der Waals surface area contributed by atoms with Gasteiger partial charge < -0.3 is 20.4 Å². The first-order valence-electron chi connectivity index (χ1n) is 9.10. The number of aromatic nitrogens is 1. The predicted octanol–water partition coefficient (Wildman–Crippen LogP) is 1.22. The Morgan fingerprint density at radius 1 is 1.08 bits per heavy atom. The zero-order valence-electron chi connectivity index (χ0n) is 14.8. The van der Waals surface area contributed by atoms with E-state index in [1.165, 1.54) is 0 Å². The second kappa shape index (κ2) is 8.18. The summed E-state index contributed by atoms with van der Waals surface area (Å²) in [4.78, 5) is 32.6. The van der Waals surface area contributed by atoms with Gasteiger partial charge in [0.25, 0.3) is 0 Å². The van der Waals surface area contributed by atoms with E-state index < -0.39 is 0 Å². The minimum absolute atomic E-state index is 0.0177. The summed E-state index contributed by atoms with van der Waals surface area (Å²) in [6.45, 7) is 3.01. The molecule has 0 radical (unpaired) electrons. The molecule has 7 nitrogen and oxygen atoms in total. The Morgan fingerprint density at radius 2 is 1.80 bits per heavy atom. The molecule has 1 saturated carbocycles. The highest BCUT2D eigenvalue weighted by Crippen LogP contribution is 2.24. The average molecular weight is 345 g/mol. The molecule has 2 fully saturated rings. The summed E-state index contributed by atoms with van der Waals surface area (Å²) >= 11 is 0. The Morgan fingerprint density at radius 3 is 2.40 bits per heavy atom. The number of carbonyl (C=O) groups excluding carboxylic acids is 2. The second-order valence-corrected chi connectivity index (χ2v) is 6.77. The Hall–Kier alpha value is -2.31. The number of nitrogens with one attached hydrogen (secondary N) is 2. The van der Waals surface area contributed by atoms with Gasteiger partial charge in [0.05, 0.1) is 0 Å². The van der Waals surface area contributed by atoms with Crippen LogP contribution < -0.4 is 15.5 Å². The maximum Gasteiger partial charge on any atom is 0.317 e. The fourth-order valence-electron chi connectivity index (χ4n) is 3.65. The molecular weight excluding hydrogens is 318 g/mol. The minimum atomic E-state index is 0.0177. The molecule has 1 saturated heterocycles. The van der Waals surface area contributed by atoms with E-state index in [-0.39, 0.29) is 23.9 Å². The number of amides is 3. The molecule has 25 heavy (non-hydrogen) atoms. The van der Waals surface area contributed by atoms with Crippen molar-refractivity contribution >= 4 is 17.8 Å². The quantitative estimate of drug-likeness (QED) is 0.863. The van der Waals surface area contributed by atoms with Crippen molar-refractivity contribution < 1.29 is 9.59 Å². The fraction of sp³-hybridized carbons (Fsp3) is 0.611. The lowest BCUT2D eigenvalue weighted by Crippen LogP contribution is -2.54. The van der Waals surface area contributed by atoms with E-state index in [0.717, 1.165) is 44.6 Å².